The Bertz CT molecular complexity index is 420. The minimum absolute atomic E-state index is 0.0607. The lowest BCUT2D eigenvalue weighted by atomic mass is 10.1. The fourth-order valence-corrected chi connectivity index (χ4v) is 2.25. The van der Waals surface area contributed by atoms with Crippen molar-refractivity contribution in [2.45, 2.75) is 39.3 Å². The molecule has 1 rings (SSSR count). The Labute approximate surface area is 128 Å². The van der Waals surface area contributed by atoms with Crippen LogP contribution in [0.25, 0.3) is 0 Å². The van der Waals surface area contributed by atoms with E-state index in [-0.39, 0.29) is 18.6 Å². The van der Waals surface area contributed by atoms with E-state index < -0.39 is 0 Å². The highest BCUT2D eigenvalue weighted by Gasteiger charge is 2.20. The quantitative estimate of drug-likeness (QED) is 0.799. The topological polar surface area (TPSA) is 43.8 Å². The summed E-state index contributed by atoms with van der Waals surface area (Å²) in [4.78, 5) is 16.4. The highest BCUT2D eigenvalue weighted by molar-refractivity contribution is 5.78. The van der Waals surface area contributed by atoms with E-state index in [0.29, 0.717) is 19.0 Å². The Morgan fingerprint density at radius 2 is 1.81 bits per heavy atom. The molecule has 118 valence electrons. The molecule has 1 aromatic carbocycles. The van der Waals surface area contributed by atoms with Gasteiger partial charge >= 0.3 is 0 Å². The lowest BCUT2D eigenvalue weighted by Crippen LogP contribution is -2.42. The third-order valence-electron chi connectivity index (χ3n) is 3.93. The van der Waals surface area contributed by atoms with Gasteiger partial charge in [-0.25, -0.2) is 0 Å². The number of rotatable bonds is 8. The SMILES string of the molecule is CC(C)N(CCCO)CC(=O)N(C)C(C)c1ccccc1. The smallest absolute Gasteiger partial charge is 0.237 e. The van der Waals surface area contributed by atoms with Crippen molar-refractivity contribution in [3.8, 4) is 0 Å². The van der Waals surface area contributed by atoms with Crippen LogP contribution in [0.2, 0.25) is 0 Å². The van der Waals surface area contributed by atoms with Crippen LogP contribution in [-0.2, 0) is 4.79 Å². The summed E-state index contributed by atoms with van der Waals surface area (Å²) < 4.78 is 0. The zero-order valence-corrected chi connectivity index (χ0v) is 13.6. The molecule has 1 N–H and O–H groups in total. The van der Waals surface area contributed by atoms with Crippen LogP contribution < -0.4 is 0 Å². The third-order valence-corrected chi connectivity index (χ3v) is 3.93. The number of nitrogens with zero attached hydrogens (tertiary/aromatic N) is 2. The first-order valence-corrected chi connectivity index (χ1v) is 7.62. The van der Waals surface area contributed by atoms with Gasteiger partial charge in [0.2, 0.25) is 5.91 Å². The fraction of sp³-hybridized carbons (Fsp3) is 0.588. The van der Waals surface area contributed by atoms with Crippen molar-refractivity contribution in [3.05, 3.63) is 35.9 Å². The zero-order valence-electron chi connectivity index (χ0n) is 13.6. The second-order valence-electron chi connectivity index (χ2n) is 5.73. The van der Waals surface area contributed by atoms with Gasteiger partial charge in [0.05, 0.1) is 12.6 Å². The molecule has 21 heavy (non-hydrogen) atoms. The molecular formula is C17H28N2O2. The summed E-state index contributed by atoms with van der Waals surface area (Å²) in [5.41, 5.74) is 1.14. The van der Waals surface area contributed by atoms with Crippen molar-refractivity contribution >= 4 is 5.91 Å². The highest BCUT2D eigenvalue weighted by Crippen LogP contribution is 2.18. The number of hydrogen-bond donors (Lipinski definition) is 1. The molecule has 0 fully saturated rings. The molecular weight excluding hydrogens is 264 g/mol. The Morgan fingerprint density at radius 3 is 2.33 bits per heavy atom. The molecule has 0 spiro atoms. The molecule has 0 aliphatic heterocycles. The normalized spacial score (nSPS) is 12.7. The van der Waals surface area contributed by atoms with Crippen molar-refractivity contribution in [2.24, 2.45) is 0 Å². The van der Waals surface area contributed by atoms with E-state index in [0.717, 1.165) is 12.1 Å². The van der Waals surface area contributed by atoms with Crippen molar-refractivity contribution in [1.29, 1.82) is 0 Å². The molecule has 0 heterocycles. The molecule has 0 aromatic heterocycles. The number of carbonyl (C=O) groups is 1. The van der Waals surface area contributed by atoms with E-state index >= 15 is 0 Å². The van der Waals surface area contributed by atoms with E-state index in [9.17, 15) is 4.79 Å². The molecule has 0 saturated heterocycles. The second kappa shape index (κ2) is 8.80. The predicted octanol–water partition coefficient (Wildman–Crippen LogP) is 2.30. The number of amides is 1. The molecule has 1 amide bonds. The number of benzene rings is 1. The predicted molar refractivity (Wildman–Crippen MR) is 86.0 cm³/mol. The van der Waals surface area contributed by atoms with Gasteiger partial charge in [-0.05, 0) is 32.8 Å². The highest BCUT2D eigenvalue weighted by atomic mass is 16.3. The van der Waals surface area contributed by atoms with Crippen LogP contribution in [-0.4, -0.2) is 53.6 Å². The van der Waals surface area contributed by atoms with E-state index in [1.54, 1.807) is 4.90 Å². The minimum Gasteiger partial charge on any atom is -0.396 e. The van der Waals surface area contributed by atoms with Crippen LogP contribution in [0.1, 0.15) is 38.8 Å². The van der Waals surface area contributed by atoms with Gasteiger partial charge in [-0.2, -0.15) is 0 Å². The van der Waals surface area contributed by atoms with Gasteiger partial charge in [-0.3, -0.25) is 9.69 Å². The van der Waals surface area contributed by atoms with E-state index in [4.69, 9.17) is 5.11 Å². The lowest BCUT2D eigenvalue weighted by molar-refractivity contribution is -0.133. The van der Waals surface area contributed by atoms with E-state index in [2.05, 4.69) is 18.7 Å². The summed E-state index contributed by atoms with van der Waals surface area (Å²) in [6, 6.07) is 10.4. The van der Waals surface area contributed by atoms with Crippen LogP contribution in [0.15, 0.2) is 30.3 Å². The summed E-state index contributed by atoms with van der Waals surface area (Å²) in [6.07, 6.45) is 0.698. The lowest BCUT2D eigenvalue weighted by Gasteiger charge is -2.31. The van der Waals surface area contributed by atoms with Gasteiger partial charge in [0.25, 0.3) is 0 Å². The zero-order chi connectivity index (χ0) is 15.8. The Hall–Kier alpha value is -1.39. The average molecular weight is 292 g/mol. The number of likely N-dealkylation sites (N-methyl/N-ethyl adjacent to an activating group) is 1. The van der Waals surface area contributed by atoms with E-state index in [1.165, 1.54) is 0 Å². The summed E-state index contributed by atoms with van der Waals surface area (Å²) >= 11 is 0. The number of hydrogen-bond acceptors (Lipinski definition) is 3. The molecule has 1 unspecified atom stereocenters. The number of aliphatic hydroxyl groups excluding tert-OH is 1. The summed E-state index contributed by atoms with van der Waals surface area (Å²) in [5.74, 6) is 0.109. The summed E-state index contributed by atoms with van der Waals surface area (Å²) in [7, 11) is 1.85. The van der Waals surface area contributed by atoms with Crippen molar-refractivity contribution in [2.75, 3.05) is 26.7 Å². The molecule has 0 saturated carbocycles. The van der Waals surface area contributed by atoms with Gasteiger partial charge < -0.3 is 10.0 Å². The van der Waals surface area contributed by atoms with E-state index in [1.807, 2.05) is 44.3 Å². The van der Waals surface area contributed by atoms with Crippen LogP contribution in [0, 0.1) is 0 Å². The first-order valence-electron chi connectivity index (χ1n) is 7.62. The first-order chi connectivity index (χ1) is 9.97. The number of aliphatic hydroxyl groups is 1. The molecule has 0 radical (unpaired) electrons. The maximum absolute atomic E-state index is 12.5. The van der Waals surface area contributed by atoms with Crippen molar-refractivity contribution in [1.82, 2.24) is 9.80 Å². The van der Waals surface area contributed by atoms with Crippen LogP contribution >= 0.6 is 0 Å². The maximum Gasteiger partial charge on any atom is 0.237 e. The first kappa shape index (κ1) is 17.7. The standard InChI is InChI=1S/C17H28N2O2/c1-14(2)19(11-8-12-20)13-17(21)18(4)15(3)16-9-6-5-7-10-16/h5-7,9-10,14-15,20H,8,11-13H2,1-4H3. The maximum atomic E-state index is 12.5. The van der Waals surface area contributed by atoms with Crippen LogP contribution in [0.3, 0.4) is 0 Å². The Balaban J connectivity index is 2.64. The molecule has 0 aliphatic rings. The minimum atomic E-state index is 0.0607. The Kier molecular flexibility index (Phi) is 7.40. The molecule has 4 heteroatoms. The number of carbonyl (C=O) groups excluding carboxylic acids is 1. The van der Waals surface area contributed by atoms with Crippen LogP contribution in [0.4, 0.5) is 0 Å². The molecule has 1 atom stereocenters. The molecule has 0 bridgehead atoms. The van der Waals surface area contributed by atoms with Gasteiger partial charge in [-0.15, -0.1) is 0 Å². The van der Waals surface area contributed by atoms with Gasteiger partial charge in [-0.1, -0.05) is 30.3 Å². The van der Waals surface area contributed by atoms with Crippen LogP contribution in [0.5, 0.6) is 0 Å². The third kappa shape index (κ3) is 5.48. The summed E-state index contributed by atoms with van der Waals surface area (Å²) in [5, 5.41) is 8.96. The van der Waals surface area contributed by atoms with Crippen molar-refractivity contribution in [3.63, 3.8) is 0 Å². The molecule has 1 aromatic rings. The largest absolute Gasteiger partial charge is 0.396 e. The second-order valence-corrected chi connectivity index (χ2v) is 5.73. The molecule has 4 nitrogen and oxygen atoms in total. The molecule has 0 aliphatic carbocycles. The van der Waals surface area contributed by atoms with Gasteiger partial charge in [0, 0.05) is 26.2 Å². The van der Waals surface area contributed by atoms with Gasteiger partial charge in [0.15, 0.2) is 0 Å². The average Bonchev–Trinajstić information content (AvgIpc) is 2.50. The Morgan fingerprint density at radius 1 is 1.19 bits per heavy atom. The van der Waals surface area contributed by atoms with Gasteiger partial charge in [0.1, 0.15) is 0 Å². The summed E-state index contributed by atoms with van der Waals surface area (Å²) in [6.45, 7) is 7.49. The monoisotopic (exact) mass is 292 g/mol. The van der Waals surface area contributed by atoms with Crippen molar-refractivity contribution < 1.29 is 9.90 Å². The fourth-order valence-electron chi connectivity index (χ4n) is 2.25.